The van der Waals surface area contributed by atoms with E-state index in [-0.39, 0.29) is 41.9 Å². The number of anilines is 1. The van der Waals surface area contributed by atoms with Crippen molar-refractivity contribution in [2.75, 3.05) is 31.6 Å². The average molecular weight is 534 g/mol. The van der Waals surface area contributed by atoms with Gasteiger partial charge in [0, 0.05) is 61.8 Å². The molecule has 1 fully saturated rings. The van der Waals surface area contributed by atoms with Crippen LogP contribution in [0.5, 0.6) is 0 Å². The summed E-state index contributed by atoms with van der Waals surface area (Å²) in [7, 11) is 2.05. The van der Waals surface area contributed by atoms with E-state index in [2.05, 4.69) is 27.7 Å². The summed E-state index contributed by atoms with van der Waals surface area (Å²) < 4.78 is 4.07. The van der Waals surface area contributed by atoms with Gasteiger partial charge in [-0.05, 0) is 48.6 Å². The van der Waals surface area contributed by atoms with Gasteiger partial charge in [-0.15, -0.1) is 0 Å². The van der Waals surface area contributed by atoms with Crippen molar-refractivity contribution in [2.24, 2.45) is 5.92 Å². The standard InChI is InChI=1S/C32H31N5O3/c1-33-26-9-4-3-8-24(26)32(40)35-14-13-23-22-7-2-5-10-27(22)37(30(23)31(33)35)19-29(39)34-16-20-15-21(18-34)25-11-6-12-28(38)36(25)17-20/h2-12,20-21,31H,13-19H2,1H3/t20-,21+,31?/m1/s1. The first-order valence-corrected chi connectivity index (χ1v) is 14.2. The van der Waals surface area contributed by atoms with Crippen molar-refractivity contribution in [3.63, 3.8) is 0 Å². The van der Waals surface area contributed by atoms with Gasteiger partial charge in [0.05, 0.1) is 16.9 Å². The van der Waals surface area contributed by atoms with E-state index < -0.39 is 0 Å². The maximum Gasteiger partial charge on any atom is 0.257 e. The molecule has 6 heterocycles. The van der Waals surface area contributed by atoms with Crippen LogP contribution >= 0.6 is 0 Å². The first kappa shape index (κ1) is 23.5. The second kappa shape index (κ2) is 8.58. The number of benzene rings is 2. The Kier molecular flexibility index (Phi) is 5.05. The van der Waals surface area contributed by atoms with Crippen molar-refractivity contribution in [1.29, 1.82) is 0 Å². The fourth-order valence-corrected chi connectivity index (χ4v) is 7.81. The third-order valence-electron chi connectivity index (χ3n) is 9.53. The van der Waals surface area contributed by atoms with Crippen LogP contribution in [0, 0.1) is 5.92 Å². The fraction of sp³-hybridized carbons (Fsp3) is 0.344. The van der Waals surface area contributed by atoms with Gasteiger partial charge in [0.25, 0.3) is 11.5 Å². The molecule has 2 amide bonds. The minimum absolute atomic E-state index is 0.0465. The highest BCUT2D eigenvalue weighted by Gasteiger charge is 2.43. The molecule has 0 N–H and O–H groups in total. The monoisotopic (exact) mass is 533 g/mol. The minimum Gasteiger partial charge on any atom is -0.349 e. The molecule has 3 atom stereocenters. The van der Waals surface area contributed by atoms with Crippen LogP contribution in [0.3, 0.4) is 0 Å². The highest BCUT2D eigenvalue weighted by Crippen LogP contribution is 2.44. The van der Waals surface area contributed by atoms with Crippen LogP contribution in [0.2, 0.25) is 0 Å². The summed E-state index contributed by atoms with van der Waals surface area (Å²) in [4.78, 5) is 46.3. The molecule has 0 radical (unpaired) electrons. The molecule has 2 bridgehead atoms. The summed E-state index contributed by atoms with van der Waals surface area (Å²) in [5.74, 6) is 0.590. The van der Waals surface area contributed by atoms with Gasteiger partial charge in [-0.3, -0.25) is 14.4 Å². The molecule has 0 saturated carbocycles. The van der Waals surface area contributed by atoms with Crippen LogP contribution in [-0.2, 0) is 24.3 Å². The Hall–Kier alpha value is -4.33. The third kappa shape index (κ3) is 3.28. The van der Waals surface area contributed by atoms with Crippen LogP contribution in [0.1, 0.15) is 45.8 Å². The third-order valence-corrected chi connectivity index (χ3v) is 9.53. The van der Waals surface area contributed by atoms with E-state index >= 15 is 0 Å². The van der Waals surface area contributed by atoms with Gasteiger partial charge < -0.3 is 23.8 Å². The number of hydrogen-bond donors (Lipinski definition) is 0. The lowest BCUT2D eigenvalue weighted by molar-refractivity contribution is -0.134. The maximum absolute atomic E-state index is 14.1. The Morgan fingerprint density at radius 1 is 0.925 bits per heavy atom. The van der Waals surface area contributed by atoms with Gasteiger partial charge in [0.15, 0.2) is 0 Å². The maximum atomic E-state index is 14.1. The zero-order valence-electron chi connectivity index (χ0n) is 22.5. The summed E-state index contributed by atoms with van der Waals surface area (Å²) in [6.07, 6.45) is 1.50. The lowest BCUT2D eigenvalue weighted by Crippen LogP contribution is -2.52. The molecule has 2 aromatic heterocycles. The number of piperidine rings is 1. The van der Waals surface area contributed by atoms with E-state index in [1.165, 1.54) is 5.56 Å². The number of carbonyl (C=O) groups excluding carboxylic acids is 2. The fourth-order valence-electron chi connectivity index (χ4n) is 7.81. The topological polar surface area (TPSA) is 70.8 Å². The number of nitrogens with zero attached hydrogens (tertiary/aromatic N) is 5. The first-order chi connectivity index (χ1) is 19.5. The molecule has 0 aliphatic carbocycles. The molecule has 4 aliphatic rings. The van der Waals surface area contributed by atoms with Gasteiger partial charge in [-0.25, -0.2) is 0 Å². The van der Waals surface area contributed by atoms with E-state index in [1.807, 2.05) is 63.9 Å². The molecule has 4 aliphatic heterocycles. The van der Waals surface area contributed by atoms with Gasteiger partial charge in [0.1, 0.15) is 12.7 Å². The molecular weight excluding hydrogens is 502 g/mol. The molecule has 8 nitrogen and oxygen atoms in total. The lowest BCUT2D eigenvalue weighted by atomic mass is 9.83. The smallest absolute Gasteiger partial charge is 0.257 e. The summed E-state index contributed by atoms with van der Waals surface area (Å²) in [5.41, 5.74) is 6.05. The second-order valence-corrected chi connectivity index (χ2v) is 11.7. The van der Waals surface area contributed by atoms with Crippen LogP contribution in [0.15, 0.2) is 71.5 Å². The summed E-state index contributed by atoms with van der Waals surface area (Å²) >= 11 is 0. The van der Waals surface area contributed by atoms with Crippen molar-refractivity contribution in [1.82, 2.24) is 18.9 Å². The molecule has 1 saturated heterocycles. The number of carbonyl (C=O) groups is 2. The number of hydrogen-bond acceptors (Lipinski definition) is 4. The van der Waals surface area contributed by atoms with Crippen LogP contribution in [0.4, 0.5) is 5.69 Å². The number of likely N-dealkylation sites (tertiary alicyclic amines) is 1. The number of fused-ring (bicyclic) bond motifs is 10. The van der Waals surface area contributed by atoms with E-state index in [9.17, 15) is 14.4 Å². The second-order valence-electron chi connectivity index (χ2n) is 11.7. The van der Waals surface area contributed by atoms with E-state index in [1.54, 1.807) is 6.07 Å². The Morgan fingerprint density at radius 3 is 2.65 bits per heavy atom. The largest absolute Gasteiger partial charge is 0.349 e. The lowest BCUT2D eigenvalue weighted by Gasteiger charge is -2.47. The Balaban J connectivity index is 1.18. The van der Waals surface area contributed by atoms with Crippen molar-refractivity contribution in [3.05, 3.63) is 99.6 Å². The minimum atomic E-state index is -0.272. The van der Waals surface area contributed by atoms with E-state index in [0.717, 1.165) is 46.4 Å². The summed E-state index contributed by atoms with van der Waals surface area (Å²) in [6.45, 7) is 2.83. The number of pyridine rings is 1. The molecule has 8 heteroatoms. The predicted octanol–water partition coefficient (Wildman–Crippen LogP) is 3.60. The average Bonchev–Trinajstić information content (AvgIpc) is 3.29. The van der Waals surface area contributed by atoms with Gasteiger partial charge >= 0.3 is 0 Å². The number of rotatable bonds is 2. The molecule has 8 rings (SSSR count). The van der Waals surface area contributed by atoms with Crippen molar-refractivity contribution >= 4 is 28.4 Å². The van der Waals surface area contributed by atoms with Crippen LogP contribution in [0.25, 0.3) is 10.9 Å². The Morgan fingerprint density at radius 2 is 1.75 bits per heavy atom. The molecule has 0 spiro atoms. The van der Waals surface area contributed by atoms with Crippen LogP contribution in [-0.4, -0.2) is 57.4 Å². The van der Waals surface area contributed by atoms with Crippen molar-refractivity contribution < 1.29 is 9.59 Å². The number of amides is 2. The Labute approximate surface area is 232 Å². The highest BCUT2D eigenvalue weighted by molar-refractivity contribution is 6.02. The molecule has 202 valence electrons. The highest BCUT2D eigenvalue weighted by atomic mass is 16.2. The first-order valence-electron chi connectivity index (χ1n) is 14.2. The summed E-state index contributed by atoms with van der Waals surface area (Å²) in [5, 5.41) is 1.16. The van der Waals surface area contributed by atoms with E-state index in [0.29, 0.717) is 26.2 Å². The SMILES string of the molecule is CN1c2ccccc2C(=O)N2CCc3c(n(CC(=O)N4C[C@H]5C[C@@H](C4)c4cccc(=O)n4C5)c4ccccc34)C21. The summed E-state index contributed by atoms with van der Waals surface area (Å²) in [6, 6.07) is 21.6. The molecule has 2 aromatic carbocycles. The van der Waals surface area contributed by atoms with Gasteiger partial charge in [0.2, 0.25) is 5.91 Å². The normalized spacial score (nSPS) is 23.0. The van der Waals surface area contributed by atoms with E-state index in [4.69, 9.17) is 0 Å². The Bertz CT molecular complexity index is 1770. The van der Waals surface area contributed by atoms with Crippen molar-refractivity contribution in [2.45, 2.75) is 38.0 Å². The molecule has 1 unspecified atom stereocenters. The molecular formula is C32H31N5O3. The van der Waals surface area contributed by atoms with Gasteiger partial charge in [-0.1, -0.05) is 36.4 Å². The zero-order valence-corrected chi connectivity index (χ0v) is 22.5. The zero-order chi connectivity index (χ0) is 27.1. The molecule has 40 heavy (non-hydrogen) atoms. The van der Waals surface area contributed by atoms with Crippen LogP contribution < -0.4 is 10.5 Å². The number of aromatic nitrogens is 2. The van der Waals surface area contributed by atoms with Gasteiger partial charge in [-0.2, -0.15) is 0 Å². The number of para-hydroxylation sites is 2. The quantitative estimate of drug-likeness (QED) is 0.395. The predicted molar refractivity (Wildman–Crippen MR) is 152 cm³/mol. The van der Waals surface area contributed by atoms with Crippen molar-refractivity contribution in [3.8, 4) is 0 Å². The molecule has 4 aromatic rings.